The standard InChI is InChI=1S/C22H23F6N3O2S/c1-30(33-34-22(26,27)28)12-17-7-13-4-2-3-5-14(13)11-31(17)21(32)9-16(29)6-15-8-19(24)20(25)10-18(15)23/h2-5,8,10,16-17H,6-7,9,11-12,29H2,1H3/t16?,17-/m0/s1. The van der Waals surface area contributed by atoms with Crippen LogP contribution in [0, 0.1) is 17.5 Å². The molecular weight excluding hydrogens is 484 g/mol. The molecular formula is C22H23F6N3O2S. The molecule has 0 saturated carbocycles. The van der Waals surface area contributed by atoms with Crippen molar-refractivity contribution in [3.05, 3.63) is 70.5 Å². The molecule has 0 saturated heterocycles. The Morgan fingerprint density at radius 1 is 1.18 bits per heavy atom. The summed E-state index contributed by atoms with van der Waals surface area (Å²) in [4.78, 5) is 14.6. The predicted molar refractivity (Wildman–Crippen MR) is 114 cm³/mol. The fourth-order valence-electron chi connectivity index (χ4n) is 3.89. The molecule has 186 valence electrons. The molecule has 2 aromatic rings. The number of nitrogens with two attached hydrogens (primary N) is 1. The van der Waals surface area contributed by atoms with Crippen molar-refractivity contribution in [3.63, 3.8) is 0 Å². The second-order valence-corrected chi connectivity index (χ2v) is 8.87. The quantitative estimate of drug-likeness (QED) is 0.249. The van der Waals surface area contributed by atoms with Gasteiger partial charge in [0, 0.05) is 38.7 Å². The molecule has 0 aliphatic carbocycles. The van der Waals surface area contributed by atoms with Gasteiger partial charge in [-0.3, -0.25) is 4.79 Å². The van der Waals surface area contributed by atoms with E-state index in [0.29, 0.717) is 18.6 Å². The highest BCUT2D eigenvalue weighted by Crippen LogP contribution is 2.32. The number of carbonyl (C=O) groups excluding carboxylic acids is 1. The summed E-state index contributed by atoms with van der Waals surface area (Å²) in [6.45, 7) is 0.211. The highest BCUT2D eigenvalue weighted by molar-refractivity contribution is 7.95. The number of nitrogens with zero attached hydrogens (tertiary/aromatic N) is 2. The first-order valence-electron chi connectivity index (χ1n) is 10.3. The van der Waals surface area contributed by atoms with Crippen LogP contribution in [-0.2, 0) is 28.5 Å². The third-order valence-corrected chi connectivity index (χ3v) is 5.93. The van der Waals surface area contributed by atoms with Gasteiger partial charge in [0.05, 0.1) is 6.04 Å². The highest BCUT2D eigenvalue weighted by Gasteiger charge is 2.34. The Labute approximate surface area is 197 Å². The molecule has 0 bridgehead atoms. The fraction of sp³-hybridized carbons (Fsp3) is 0.409. The molecule has 2 atom stereocenters. The number of amides is 1. The minimum absolute atomic E-state index is 0.00378. The molecule has 12 heteroatoms. The lowest BCUT2D eigenvalue weighted by molar-refractivity contribution is -0.137. The number of hydrogen-bond acceptors (Lipinski definition) is 5. The lowest BCUT2D eigenvalue weighted by Crippen LogP contribution is -2.50. The molecule has 1 amide bonds. The summed E-state index contributed by atoms with van der Waals surface area (Å²) in [6.07, 6.45) is -0.0343. The normalized spacial score (nSPS) is 17.1. The summed E-state index contributed by atoms with van der Waals surface area (Å²) < 4.78 is 82.6. The van der Waals surface area contributed by atoms with Gasteiger partial charge in [-0.05, 0) is 35.6 Å². The van der Waals surface area contributed by atoms with Crippen molar-refractivity contribution in [2.24, 2.45) is 5.73 Å². The van der Waals surface area contributed by atoms with E-state index in [1.807, 2.05) is 24.3 Å². The van der Waals surface area contributed by atoms with E-state index in [4.69, 9.17) is 5.73 Å². The molecule has 2 aromatic carbocycles. The smallest absolute Gasteiger partial charge is 0.334 e. The Kier molecular flexibility index (Phi) is 8.50. The van der Waals surface area contributed by atoms with Gasteiger partial charge in [-0.25, -0.2) is 17.5 Å². The Morgan fingerprint density at radius 2 is 1.82 bits per heavy atom. The van der Waals surface area contributed by atoms with Crippen molar-refractivity contribution in [1.29, 1.82) is 0 Å². The molecule has 5 nitrogen and oxygen atoms in total. The van der Waals surface area contributed by atoms with Crippen LogP contribution in [0.15, 0.2) is 36.4 Å². The second-order valence-electron chi connectivity index (χ2n) is 8.09. The number of alkyl halides is 3. The summed E-state index contributed by atoms with van der Waals surface area (Å²) in [5.74, 6) is -3.91. The van der Waals surface area contributed by atoms with E-state index >= 15 is 0 Å². The van der Waals surface area contributed by atoms with Crippen molar-refractivity contribution in [3.8, 4) is 0 Å². The molecule has 0 spiro atoms. The van der Waals surface area contributed by atoms with Gasteiger partial charge >= 0.3 is 5.51 Å². The average Bonchev–Trinajstić information content (AvgIpc) is 2.75. The van der Waals surface area contributed by atoms with Crippen molar-refractivity contribution in [2.45, 2.75) is 43.4 Å². The molecule has 0 fully saturated rings. The molecule has 1 aliphatic heterocycles. The van der Waals surface area contributed by atoms with Crippen molar-refractivity contribution >= 4 is 17.9 Å². The van der Waals surface area contributed by atoms with Gasteiger partial charge < -0.3 is 10.6 Å². The van der Waals surface area contributed by atoms with Gasteiger partial charge in [0.25, 0.3) is 0 Å². The van der Waals surface area contributed by atoms with Crippen LogP contribution in [0.1, 0.15) is 23.1 Å². The van der Waals surface area contributed by atoms with E-state index < -0.39 is 53.0 Å². The Balaban J connectivity index is 1.70. The zero-order valence-corrected chi connectivity index (χ0v) is 18.9. The number of hydrogen-bond donors (Lipinski definition) is 1. The van der Waals surface area contributed by atoms with E-state index in [1.165, 1.54) is 11.9 Å². The molecule has 2 N–H and O–H groups in total. The number of benzene rings is 2. The number of rotatable bonds is 8. The SMILES string of the molecule is CN(C[C@@H]1Cc2ccccc2CN1C(=O)CC(N)Cc1cc(F)c(F)cc1F)OSC(F)(F)F. The Morgan fingerprint density at radius 3 is 2.50 bits per heavy atom. The average molecular weight is 508 g/mol. The molecule has 0 aromatic heterocycles. The molecule has 1 aliphatic rings. The monoisotopic (exact) mass is 507 g/mol. The molecule has 0 radical (unpaired) electrons. The number of hydroxylamine groups is 2. The van der Waals surface area contributed by atoms with Gasteiger partial charge in [-0.15, -0.1) is 0 Å². The van der Waals surface area contributed by atoms with E-state index in [1.54, 1.807) is 0 Å². The zero-order valence-electron chi connectivity index (χ0n) is 18.1. The third-order valence-electron chi connectivity index (χ3n) is 5.41. The maximum Gasteiger partial charge on any atom is 0.469 e. The lowest BCUT2D eigenvalue weighted by Gasteiger charge is -2.39. The number of carbonyl (C=O) groups is 1. The van der Waals surface area contributed by atoms with Crippen LogP contribution in [0.5, 0.6) is 0 Å². The Hall–Kier alpha value is -2.28. The van der Waals surface area contributed by atoms with E-state index in [0.717, 1.165) is 16.2 Å². The minimum Gasteiger partial charge on any atom is -0.334 e. The van der Waals surface area contributed by atoms with E-state index in [9.17, 15) is 31.1 Å². The van der Waals surface area contributed by atoms with Crippen LogP contribution in [0.3, 0.4) is 0 Å². The summed E-state index contributed by atoms with van der Waals surface area (Å²) in [5, 5.41) is 1.01. The van der Waals surface area contributed by atoms with Crippen molar-refractivity contribution in [1.82, 2.24) is 9.96 Å². The molecule has 34 heavy (non-hydrogen) atoms. The summed E-state index contributed by atoms with van der Waals surface area (Å²) >= 11 is -0.650. The predicted octanol–water partition coefficient (Wildman–Crippen LogP) is 4.35. The second kappa shape index (κ2) is 11.0. The van der Waals surface area contributed by atoms with Crippen molar-refractivity contribution < 1.29 is 35.4 Å². The summed E-state index contributed by atoms with van der Waals surface area (Å²) in [5.41, 5.74) is 3.13. The fourth-order valence-corrected chi connectivity index (χ4v) is 4.16. The van der Waals surface area contributed by atoms with Crippen LogP contribution < -0.4 is 5.73 Å². The topological polar surface area (TPSA) is 58.8 Å². The van der Waals surface area contributed by atoms with E-state index in [2.05, 4.69) is 4.28 Å². The van der Waals surface area contributed by atoms with Gasteiger partial charge in [0.2, 0.25) is 5.91 Å². The lowest BCUT2D eigenvalue weighted by atomic mass is 9.93. The number of halogens is 6. The van der Waals surface area contributed by atoms with Crippen LogP contribution in [-0.4, -0.2) is 47.1 Å². The van der Waals surface area contributed by atoms with Crippen LogP contribution in [0.25, 0.3) is 0 Å². The van der Waals surface area contributed by atoms with Gasteiger partial charge in [0.15, 0.2) is 11.6 Å². The highest BCUT2D eigenvalue weighted by atomic mass is 32.2. The number of fused-ring (bicyclic) bond motifs is 1. The first kappa shape index (κ1) is 26.3. The third kappa shape index (κ3) is 7.11. The summed E-state index contributed by atoms with van der Waals surface area (Å²) in [7, 11) is 1.33. The summed E-state index contributed by atoms with van der Waals surface area (Å²) in [6, 6.07) is 7.11. The van der Waals surface area contributed by atoms with Crippen LogP contribution in [0.2, 0.25) is 0 Å². The number of likely N-dealkylation sites (N-methyl/N-ethyl adjacent to an activating group) is 1. The van der Waals surface area contributed by atoms with Gasteiger partial charge in [0.1, 0.15) is 17.9 Å². The largest absolute Gasteiger partial charge is 0.469 e. The maximum absolute atomic E-state index is 14.0. The van der Waals surface area contributed by atoms with E-state index in [-0.39, 0.29) is 31.5 Å². The van der Waals surface area contributed by atoms with Crippen molar-refractivity contribution in [2.75, 3.05) is 13.6 Å². The molecule has 1 unspecified atom stereocenters. The first-order valence-corrected chi connectivity index (χ1v) is 11.1. The first-order chi connectivity index (χ1) is 15.9. The minimum atomic E-state index is -4.58. The van der Waals surface area contributed by atoms with Gasteiger partial charge in [-0.1, -0.05) is 24.3 Å². The Bertz CT molecular complexity index is 1020. The molecule has 1 heterocycles. The maximum atomic E-state index is 14.0. The van der Waals surface area contributed by atoms with Gasteiger partial charge in [-0.2, -0.15) is 18.2 Å². The van der Waals surface area contributed by atoms with Crippen LogP contribution in [0.4, 0.5) is 26.3 Å². The van der Waals surface area contributed by atoms with Crippen LogP contribution >= 0.6 is 12.0 Å². The zero-order chi connectivity index (χ0) is 25.0. The molecule has 3 rings (SSSR count).